The fraction of sp³-hybridized carbons (Fsp3) is 0.450. The molecule has 2 amide bonds. The maximum Gasteiger partial charge on any atom is 0.330 e. The summed E-state index contributed by atoms with van der Waals surface area (Å²) in [5, 5.41) is 16.3. The average molecular weight is 417 g/mol. The standard InChI is InChI=1S/C20H25ClN6O2/c1-13(12-28)24-19-23-10-14-11-26(17-5-3-2-4-16(17)21)20(29)27(18(14)25-19)15-6-8-22-9-7-15/h2-5,10,13,15,22,28H,6-9,11-12H2,1H3,(H,23,24,25). The van der Waals surface area contributed by atoms with Crippen LogP contribution >= 0.6 is 11.6 Å². The van der Waals surface area contributed by atoms with Gasteiger partial charge in [0, 0.05) is 23.8 Å². The Bertz CT molecular complexity index is 889. The minimum Gasteiger partial charge on any atom is -0.394 e. The zero-order valence-corrected chi connectivity index (χ0v) is 17.1. The summed E-state index contributed by atoms with van der Waals surface area (Å²) in [6.07, 6.45) is 3.45. The number of hydrogen-bond acceptors (Lipinski definition) is 6. The van der Waals surface area contributed by atoms with Gasteiger partial charge in [0.05, 0.1) is 23.9 Å². The van der Waals surface area contributed by atoms with Crippen LogP contribution in [-0.2, 0) is 6.54 Å². The van der Waals surface area contributed by atoms with Crippen LogP contribution in [0.3, 0.4) is 0 Å². The number of aliphatic hydroxyl groups is 1. The summed E-state index contributed by atoms with van der Waals surface area (Å²) in [6, 6.07) is 7.10. The Kier molecular flexibility index (Phi) is 5.84. The second-order valence-electron chi connectivity index (χ2n) is 7.44. The van der Waals surface area contributed by atoms with Gasteiger partial charge in [0.1, 0.15) is 5.82 Å². The smallest absolute Gasteiger partial charge is 0.330 e. The predicted molar refractivity (Wildman–Crippen MR) is 114 cm³/mol. The maximum absolute atomic E-state index is 13.6. The van der Waals surface area contributed by atoms with Crippen LogP contribution in [0.2, 0.25) is 5.02 Å². The number of rotatable bonds is 5. The van der Waals surface area contributed by atoms with Gasteiger partial charge in [-0.1, -0.05) is 23.7 Å². The van der Waals surface area contributed by atoms with E-state index in [9.17, 15) is 9.90 Å². The van der Waals surface area contributed by atoms with E-state index in [0.29, 0.717) is 29.0 Å². The summed E-state index contributed by atoms with van der Waals surface area (Å²) < 4.78 is 0. The molecular weight excluding hydrogens is 392 g/mol. The first-order chi connectivity index (χ1) is 14.1. The molecule has 2 aromatic rings. The molecule has 0 radical (unpaired) electrons. The zero-order valence-electron chi connectivity index (χ0n) is 16.3. The number of anilines is 3. The first-order valence-electron chi connectivity index (χ1n) is 9.87. The van der Waals surface area contributed by atoms with Gasteiger partial charge in [-0.05, 0) is 45.0 Å². The lowest BCUT2D eigenvalue weighted by atomic mass is 10.0. The third kappa shape index (κ3) is 4.01. The van der Waals surface area contributed by atoms with Gasteiger partial charge in [0.15, 0.2) is 0 Å². The Balaban J connectivity index is 1.75. The van der Waals surface area contributed by atoms with Crippen molar-refractivity contribution in [2.75, 3.05) is 34.8 Å². The van der Waals surface area contributed by atoms with Gasteiger partial charge in [-0.25, -0.2) is 9.78 Å². The predicted octanol–water partition coefficient (Wildman–Crippen LogP) is 2.62. The summed E-state index contributed by atoms with van der Waals surface area (Å²) in [5.41, 5.74) is 1.55. The van der Waals surface area contributed by atoms with E-state index in [0.717, 1.165) is 31.5 Å². The van der Waals surface area contributed by atoms with Crippen molar-refractivity contribution in [1.29, 1.82) is 0 Å². The molecule has 29 heavy (non-hydrogen) atoms. The highest BCUT2D eigenvalue weighted by Gasteiger charge is 2.38. The summed E-state index contributed by atoms with van der Waals surface area (Å²) in [6.45, 7) is 3.88. The molecule has 4 rings (SSSR count). The third-order valence-corrected chi connectivity index (χ3v) is 5.62. The van der Waals surface area contributed by atoms with Gasteiger partial charge in [-0.15, -0.1) is 0 Å². The molecule has 1 atom stereocenters. The van der Waals surface area contributed by atoms with Crippen molar-refractivity contribution in [3.05, 3.63) is 41.0 Å². The Morgan fingerprint density at radius 2 is 2.10 bits per heavy atom. The van der Waals surface area contributed by atoms with Crippen LogP contribution in [0.4, 0.5) is 22.2 Å². The topological polar surface area (TPSA) is 93.6 Å². The van der Waals surface area contributed by atoms with Crippen molar-refractivity contribution in [3.63, 3.8) is 0 Å². The second kappa shape index (κ2) is 8.52. The zero-order chi connectivity index (χ0) is 20.4. The number of carbonyl (C=O) groups excluding carboxylic acids is 1. The highest BCUT2D eigenvalue weighted by Crippen LogP contribution is 2.36. The monoisotopic (exact) mass is 416 g/mol. The molecular formula is C20H25ClN6O2. The number of aliphatic hydroxyl groups excluding tert-OH is 1. The number of halogens is 1. The molecule has 8 nitrogen and oxygen atoms in total. The van der Waals surface area contributed by atoms with Crippen molar-refractivity contribution >= 4 is 35.1 Å². The molecule has 154 valence electrons. The summed E-state index contributed by atoms with van der Waals surface area (Å²) in [5.74, 6) is 1.04. The van der Waals surface area contributed by atoms with Crippen LogP contribution in [0.5, 0.6) is 0 Å². The summed E-state index contributed by atoms with van der Waals surface area (Å²) in [7, 11) is 0. The number of para-hydroxylation sites is 1. The molecule has 0 aliphatic carbocycles. The molecule has 1 aromatic carbocycles. The first-order valence-corrected chi connectivity index (χ1v) is 10.3. The molecule has 1 unspecified atom stereocenters. The lowest BCUT2D eigenvalue weighted by Crippen LogP contribution is -2.55. The van der Waals surface area contributed by atoms with Gasteiger partial charge in [0.25, 0.3) is 0 Å². The SMILES string of the molecule is CC(CO)Nc1ncc2c(n1)N(C1CCNCC1)C(=O)N(c1ccccc1Cl)C2. The highest BCUT2D eigenvalue weighted by molar-refractivity contribution is 6.34. The molecule has 0 bridgehead atoms. The molecule has 2 aliphatic rings. The van der Waals surface area contributed by atoms with Crippen LogP contribution in [0.15, 0.2) is 30.5 Å². The minimum absolute atomic E-state index is 0.0301. The number of carbonyl (C=O) groups is 1. The normalized spacial score (nSPS) is 18.5. The molecule has 1 aromatic heterocycles. The molecule has 3 heterocycles. The van der Waals surface area contributed by atoms with E-state index in [2.05, 4.69) is 20.6 Å². The lowest BCUT2D eigenvalue weighted by molar-refractivity contribution is 0.245. The molecule has 0 spiro atoms. The Hall–Kier alpha value is -2.42. The minimum atomic E-state index is -0.181. The van der Waals surface area contributed by atoms with Crippen molar-refractivity contribution in [2.45, 2.75) is 38.4 Å². The van der Waals surface area contributed by atoms with Gasteiger partial charge in [0.2, 0.25) is 5.95 Å². The largest absolute Gasteiger partial charge is 0.394 e. The van der Waals surface area contributed by atoms with E-state index in [1.807, 2.05) is 25.1 Å². The van der Waals surface area contributed by atoms with Crippen LogP contribution in [0.1, 0.15) is 25.3 Å². The molecule has 0 saturated carbocycles. The number of hydrogen-bond donors (Lipinski definition) is 3. The molecule has 9 heteroatoms. The first kappa shape index (κ1) is 19.9. The van der Waals surface area contributed by atoms with Crippen molar-refractivity contribution in [1.82, 2.24) is 15.3 Å². The van der Waals surface area contributed by atoms with E-state index < -0.39 is 0 Å². The fourth-order valence-corrected chi connectivity index (χ4v) is 4.00. The molecule has 1 saturated heterocycles. The van der Waals surface area contributed by atoms with Crippen molar-refractivity contribution in [3.8, 4) is 0 Å². The van der Waals surface area contributed by atoms with Gasteiger partial charge in [-0.2, -0.15) is 4.98 Å². The molecule has 3 N–H and O–H groups in total. The van der Waals surface area contributed by atoms with E-state index in [1.165, 1.54) is 0 Å². The number of benzene rings is 1. The number of nitrogens with one attached hydrogen (secondary N) is 2. The van der Waals surface area contributed by atoms with E-state index in [4.69, 9.17) is 11.6 Å². The number of amides is 2. The number of fused-ring (bicyclic) bond motifs is 1. The van der Waals surface area contributed by atoms with E-state index in [-0.39, 0.29) is 24.7 Å². The quantitative estimate of drug-likeness (QED) is 0.693. The van der Waals surface area contributed by atoms with Crippen molar-refractivity contribution < 1.29 is 9.90 Å². The maximum atomic E-state index is 13.6. The molecule has 2 aliphatic heterocycles. The van der Waals surface area contributed by atoms with E-state index >= 15 is 0 Å². The van der Waals surface area contributed by atoms with E-state index in [1.54, 1.807) is 22.1 Å². The number of urea groups is 1. The third-order valence-electron chi connectivity index (χ3n) is 5.30. The number of nitrogens with zero attached hydrogens (tertiary/aromatic N) is 4. The van der Waals surface area contributed by atoms with Gasteiger partial charge >= 0.3 is 6.03 Å². The Morgan fingerprint density at radius 1 is 1.34 bits per heavy atom. The fourth-order valence-electron chi connectivity index (χ4n) is 3.76. The van der Waals surface area contributed by atoms with Crippen LogP contribution in [-0.4, -0.2) is 52.9 Å². The Labute approximate surface area is 174 Å². The number of piperidine rings is 1. The summed E-state index contributed by atoms with van der Waals surface area (Å²) in [4.78, 5) is 26.1. The average Bonchev–Trinajstić information content (AvgIpc) is 2.74. The lowest BCUT2D eigenvalue weighted by Gasteiger charge is -2.41. The summed E-state index contributed by atoms with van der Waals surface area (Å²) >= 11 is 6.39. The molecule has 1 fully saturated rings. The van der Waals surface area contributed by atoms with Crippen molar-refractivity contribution in [2.24, 2.45) is 0 Å². The van der Waals surface area contributed by atoms with Gasteiger partial charge < -0.3 is 15.7 Å². The van der Waals surface area contributed by atoms with Crippen LogP contribution in [0.25, 0.3) is 0 Å². The van der Waals surface area contributed by atoms with Gasteiger partial charge in [-0.3, -0.25) is 9.80 Å². The Morgan fingerprint density at radius 3 is 2.83 bits per heavy atom. The second-order valence-corrected chi connectivity index (χ2v) is 7.85. The van der Waals surface area contributed by atoms with Crippen LogP contribution in [0, 0.1) is 0 Å². The van der Waals surface area contributed by atoms with Crippen LogP contribution < -0.4 is 20.4 Å². The number of aromatic nitrogens is 2. The highest BCUT2D eigenvalue weighted by atomic mass is 35.5.